The Balaban J connectivity index is 1.77. The molecule has 0 heterocycles. The Labute approximate surface area is 129 Å². The fourth-order valence-corrected chi connectivity index (χ4v) is 2.24. The fraction of sp³-hybridized carbons (Fsp3) is 1.00. The lowest BCUT2D eigenvalue weighted by atomic mass is 9.65. The van der Waals surface area contributed by atoms with Crippen LogP contribution in [0.4, 0.5) is 0 Å². The van der Waals surface area contributed by atoms with Crippen molar-refractivity contribution in [2.75, 3.05) is 46.2 Å². The minimum Gasteiger partial charge on any atom is -0.379 e. The molecular weight excluding hydrogens is 270 g/mol. The molecule has 0 bridgehead atoms. The Bertz CT molecular complexity index is 261. The van der Waals surface area contributed by atoms with Crippen LogP contribution in [0.25, 0.3) is 0 Å². The van der Waals surface area contributed by atoms with Crippen LogP contribution in [0.15, 0.2) is 0 Å². The lowest BCUT2D eigenvalue weighted by molar-refractivity contribution is -0.119. The first-order valence-electron chi connectivity index (χ1n) is 8.19. The maximum absolute atomic E-state index is 5.95. The quantitative estimate of drug-likeness (QED) is 0.527. The van der Waals surface area contributed by atoms with Crippen LogP contribution < -0.4 is 5.73 Å². The van der Waals surface area contributed by atoms with E-state index in [1.54, 1.807) is 0 Å². The Hall–Kier alpha value is -0.200. The summed E-state index contributed by atoms with van der Waals surface area (Å²) in [5.41, 5.74) is 6.04. The second-order valence-corrected chi connectivity index (χ2v) is 6.21. The van der Waals surface area contributed by atoms with Gasteiger partial charge in [-0.05, 0) is 12.8 Å². The van der Waals surface area contributed by atoms with Crippen LogP contribution in [-0.4, -0.2) is 58.4 Å². The van der Waals surface area contributed by atoms with E-state index in [-0.39, 0.29) is 17.6 Å². The Kier molecular flexibility index (Phi) is 9.44. The number of nitrogens with two attached hydrogens (primary N) is 1. The van der Waals surface area contributed by atoms with Crippen molar-refractivity contribution >= 4 is 0 Å². The first kappa shape index (κ1) is 18.8. The zero-order valence-corrected chi connectivity index (χ0v) is 13.9. The average molecular weight is 303 g/mol. The molecule has 5 heteroatoms. The predicted octanol–water partition coefficient (Wildman–Crippen LogP) is 1.98. The highest BCUT2D eigenvalue weighted by atomic mass is 16.6. The van der Waals surface area contributed by atoms with Crippen molar-refractivity contribution in [1.29, 1.82) is 0 Å². The van der Waals surface area contributed by atoms with E-state index in [0.717, 1.165) is 19.4 Å². The van der Waals surface area contributed by atoms with E-state index >= 15 is 0 Å². The monoisotopic (exact) mass is 303 g/mol. The van der Waals surface area contributed by atoms with Crippen LogP contribution in [0.5, 0.6) is 0 Å². The molecule has 0 amide bonds. The highest BCUT2D eigenvalue weighted by Crippen LogP contribution is 2.41. The van der Waals surface area contributed by atoms with E-state index in [1.165, 1.54) is 6.42 Å². The normalized spacial score (nSPS) is 24.0. The van der Waals surface area contributed by atoms with Gasteiger partial charge in [-0.3, -0.25) is 0 Å². The predicted molar refractivity (Wildman–Crippen MR) is 83.5 cm³/mol. The molecule has 0 aromatic carbocycles. The molecule has 126 valence electrons. The van der Waals surface area contributed by atoms with Crippen molar-refractivity contribution in [2.24, 2.45) is 11.1 Å². The summed E-state index contributed by atoms with van der Waals surface area (Å²) in [5.74, 6) is 0. The first-order valence-corrected chi connectivity index (χ1v) is 8.19. The third kappa shape index (κ3) is 7.06. The fourth-order valence-electron chi connectivity index (χ4n) is 2.24. The molecule has 0 spiro atoms. The largest absolute Gasteiger partial charge is 0.379 e. The average Bonchev–Trinajstić information content (AvgIpc) is 2.47. The molecule has 0 aromatic heterocycles. The summed E-state index contributed by atoms with van der Waals surface area (Å²) in [6.07, 6.45) is 3.51. The van der Waals surface area contributed by atoms with Crippen LogP contribution in [0.3, 0.4) is 0 Å². The second kappa shape index (κ2) is 10.5. The highest BCUT2D eigenvalue weighted by molar-refractivity contribution is 5.00. The van der Waals surface area contributed by atoms with E-state index in [2.05, 4.69) is 20.8 Å². The third-order valence-electron chi connectivity index (χ3n) is 4.19. The van der Waals surface area contributed by atoms with Gasteiger partial charge in [0, 0.05) is 18.1 Å². The van der Waals surface area contributed by atoms with Gasteiger partial charge in [-0.25, -0.2) is 0 Å². The summed E-state index contributed by atoms with van der Waals surface area (Å²) in [6, 6.07) is 0.261. The van der Waals surface area contributed by atoms with Gasteiger partial charge in [0.1, 0.15) is 0 Å². The molecule has 1 rings (SSSR count). The summed E-state index contributed by atoms with van der Waals surface area (Å²) in [7, 11) is 0. The van der Waals surface area contributed by atoms with Crippen molar-refractivity contribution < 1.29 is 18.9 Å². The van der Waals surface area contributed by atoms with Gasteiger partial charge in [0.2, 0.25) is 0 Å². The summed E-state index contributed by atoms with van der Waals surface area (Å²) >= 11 is 0. The number of hydrogen-bond donors (Lipinski definition) is 1. The van der Waals surface area contributed by atoms with Crippen LogP contribution in [0.1, 0.15) is 40.0 Å². The third-order valence-corrected chi connectivity index (χ3v) is 4.19. The number of hydrogen-bond acceptors (Lipinski definition) is 5. The minimum atomic E-state index is 0.0981. The van der Waals surface area contributed by atoms with Gasteiger partial charge in [-0.15, -0.1) is 0 Å². The van der Waals surface area contributed by atoms with E-state index in [4.69, 9.17) is 24.7 Å². The molecule has 0 aromatic rings. The standard InChI is InChI=1S/C16H33NO4/c1-4-5-6-18-7-8-19-9-10-20-11-12-21-15-13-14(17)16(15,2)3/h14-15H,4-13,17H2,1-3H3. The molecule has 1 aliphatic carbocycles. The van der Waals surface area contributed by atoms with Gasteiger partial charge in [0.15, 0.2) is 0 Å². The van der Waals surface area contributed by atoms with E-state index in [9.17, 15) is 0 Å². The molecule has 1 saturated carbocycles. The van der Waals surface area contributed by atoms with E-state index in [0.29, 0.717) is 39.6 Å². The number of unbranched alkanes of at least 4 members (excludes halogenated alkanes) is 1. The zero-order valence-electron chi connectivity index (χ0n) is 13.9. The summed E-state index contributed by atoms with van der Waals surface area (Å²) in [5, 5.41) is 0. The lowest BCUT2D eigenvalue weighted by Gasteiger charge is -2.49. The van der Waals surface area contributed by atoms with Crippen LogP contribution in [0, 0.1) is 5.41 Å². The van der Waals surface area contributed by atoms with Crippen molar-refractivity contribution in [3.8, 4) is 0 Å². The molecule has 2 unspecified atom stereocenters. The smallest absolute Gasteiger partial charge is 0.0704 e. The topological polar surface area (TPSA) is 62.9 Å². The SMILES string of the molecule is CCCCOCCOCCOCCOC1CC(N)C1(C)C. The maximum atomic E-state index is 5.95. The minimum absolute atomic E-state index is 0.0981. The maximum Gasteiger partial charge on any atom is 0.0704 e. The summed E-state index contributed by atoms with van der Waals surface area (Å²) in [6.45, 7) is 11.0. The number of rotatable bonds is 13. The number of ether oxygens (including phenoxy) is 4. The molecule has 5 nitrogen and oxygen atoms in total. The lowest BCUT2D eigenvalue weighted by Crippen LogP contribution is -2.59. The van der Waals surface area contributed by atoms with Crippen molar-refractivity contribution in [1.82, 2.24) is 0 Å². The van der Waals surface area contributed by atoms with E-state index in [1.807, 2.05) is 0 Å². The van der Waals surface area contributed by atoms with Gasteiger partial charge >= 0.3 is 0 Å². The zero-order chi connectivity index (χ0) is 15.6. The Morgan fingerprint density at radius 3 is 1.90 bits per heavy atom. The van der Waals surface area contributed by atoms with E-state index < -0.39 is 0 Å². The molecule has 21 heavy (non-hydrogen) atoms. The Morgan fingerprint density at radius 1 is 0.905 bits per heavy atom. The molecular formula is C16H33NO4. The highest BCUT2D eigenvalue weighted by Gasteiger charge is 2.46. The second-order valence-electron chi connectivity index (χ2n) is 6.21. The van der Waals surface area contributed by atoms with Crippen LogP contribution in [-0.2, 0) is 18.9 Å². The van der Waals surface area contributed by atoms with Gasteiger partial charge in [0.05, 0.1) is 45.7 Å². The van der Waals surface area contributed by atoms with Crippen LogP contribution >= 0.6 is 0 Å². The molecule has 0 aliphatic heterocycles. The summed E-state index contributed by atoms with van der Waals surface area (Å²) < 4.78 is 22.1. The van der Waals surface area contributed by atoms with Gasteiger partial charge in [-0.2, -0.15) is 0 Å². The van der Waals surface area contributed by atoms with Gasteiger partial charge < -0.3 is 24.7 Å². The molecule has 0 saturated heterocycles. The van der Waals surface area contributed by atoms with Gasteiger partial charge in [0.25, 0.3) is 0 Å². The summed E-state index contributed by atoms with van der Waals surface area (Å²) in [4.78, 5) is 0. The first-order chi connectivity index (χ1) is 10.1. The molecule has 0 radical (unpaired) electrons. The molecule has 2 N–H and O–H groups in total. The Morgan fingerprint density at radius 2 is 1.43 bits per heavy atom. The molecule has 1 fully saturated rings. The van der Waals surface area contributed by atoms with Crippen molar-refractivity contribution in [2.45, 2.75) is 52.2 Å². The molecule has 1 aliphatic rings. The molecule has 2 atom stereocenters. The van der Waals surface area contributed by atoms with Crippen molar-refractivity contribution in [3.63, 3.8) is 0 Å². The van der Waals surface area contributed by atoms with Crippen LogP contribution in [0.2, 0.25) is 0 Å². The van der Waals surface area contributed by atoms with Crippen molar-refractivity contribution in [3.05, 3.63) is 0 Å². The van der Waals surface area contributed by atoms with Gasteiger partial charge in [-0.1, -0.05) is 27.2 Å².